The number of hydrogen-bond acceptors (Lipinski definition) is 5. The Hall–Kier alpha value is -1.95. The molecule has 0 atom stereocenters. The minimum absolute atomic E-state index is 0.127. The first-order valence-corrected chi connectivity index (χ1v) is 6.60. The summed E-state index contributed by atoms with van der Waals surface area (Å²) in [5.74, 6) is -0.291. The minimum atomic E-state index is -0.375. The fraction of sp³-hybridized carbons (Fsp3) is 0.500. The van der Waals surface area contributed by atoms with E-state index in [0.717, 1.165) is 13.0 Å². The summed E-state index contributed by atoms with van der Waals surface area (Å²) < 4.78 is 4.65. The van der Waals surface area contributed by atoms with Crippen molar-refractivity contribution < 1.29 is 14.5 Å². The Labute approximate surface area is 118 Å². The van der Waals surface area contributed by atoms with E-state index in [1.807, 2.05) is 11.8 Å². The molecule has 6 heteroatoms. The Morgan fingerprint density at radius 2 is 2.05 bits per heavy atom. The molecule has 0 aliphatic rings. The number of benzene rings is 1. The van der Waals surface area contributed by atoms with Gasteiger partial charge in [-0.25, -0.2) is 0 Å². The van der Waals surface area contributed by atoms with Crippen LogP contribution in [0.3, 0.4) is 0 Å². The Morgan fingerprint density at radius 3 is 2.65 bits per heavy atom. The van der Waals surface area contributed by atoms with Gasteiger partial charge in [-0.15, -0.1) is 0 Å². The van der Waals surface area contributed by atoms with Gasteiger partial charge in [0.2, 0.25) is 0 Å². The molecule has 0 unspecified atom stereocenters. The minimum Gasteiger partial charge on any atom is -0.468 e. The zero-order chi connectivity index (χ0) is 15.0. The highest BCUT2D eigenvalue weighted by molar-refractivity contribution is 5.71. The number of carbonyl (C=O) groups excluding carboxylic acids is 1. The Kier molecular flexibility index (Phi) is 6.66. The average molecular weight is 280 g/mol. The van der Waals surface area contributed by atoms with Crippen LogP contribution in [0.2, 0.25) is 0 Å². The molecule has 20 heavy (non-hydrogen) atoms. The van der Waals surface area contributed by atoms with Gasteiger partial charge in [-0.1, -0.05) is 25.1 Å². The topological polar surface area (TPSA) is 72.7 Å². The summed E-state index contributed by atoms with van der Waals surface area (Å²) in [6.07, 6.45) is 1.45. The first-order chi connectivity index (χ1) is 9.58. The lowest BCUT2D eigenvalue weighted by molar-refractivity contribution is -0.385. The molecule has 0 saturated heterocycles. The summed E-state index contributed by atoms with van der Waals surface area (Å²) in [4.78, 5) is 23.8. The summed E-state index contributed by atoms with van der Waals surface area (Å²) in [5.41, 5.74) is 0.811. The highest BCUT2D eigenvalue weighted by Crippen LogP contribution is 2.18. The van der Waals surface area contributed by atoms with Gasteiger partial charge in [-0.3, -0.25) is 19.8 Å². The van der Waals surface area contributed by atoms with Gasteiger partial charge in [0.05, 0.1) is 18.6 Å². The van der Waals surface area contributed by atoms with Crippen molar-refractivity contribution in [2.45, 2.75) is 19.8 Å². The smallest absolute Gasteiger partial charge is 0.319 e. The summed E-state index contributed by atoms with van der Waals surface area (Å²) in [6.45, 7) is 3.59. The molecule has 0 amide bonds. The molecule has 1 aromatic rings. The van der Waals surface area contributed by atoms with E-state index in [1.165, 1.54) is 13.2 Å². The number of methoxy groups -OCH3 is 1. The number of nitro groups is 1. The molecule has 1 rings (SSSR count). The van der Waals surface area contributed by atoms with E-state index in [2.05, 4.69) is 4.74 Å². The van der Waals surface area contributed by atoms with Crippen molar-refractivity contribution in [2.24, 2.45) is 0 Å². The van der Waals surface area contributed by atoms with Crippen molar-refractivity contribution in [3.8, 4) is 0 Å². The molecule has 0 heterocycles. The van der Waals surface area contributed by atoms with Crippen LogP contribution in [0.25, 0.3) is 0 Å². The van der Waals surface area contributed by atoms with Crippen LogP contribution in [0.15, 0.2) is 24.3 Å². The van der Waals surface area contributed by atoms with Gasteiger partial charge in [0.1, 0.15) is 0 Å². The number of nitrogens with zero attached hydrogens (tertiary/aromatic N) is 2. The molecule has 6 nitrogen and oxygen atoms in total. The number of nitro benzene ring substituents is 1. The van der Waals surface area contributed by atoms with Gasteiger partial charge < -0.3 is 4.74 Å². The van der Waals surface area contributed by atoms with E-state index < -0.39 is 0 Å². The molecule has 0 fully saturated rings. The van der Waals surface area contributed by atoms with Gasteiger partial charge >= 0.3 is 5.97 Å². The average Bonchev–Trinajstić information content (AvgIpc) is 2.45. The predicted octanol–water partition coefficient (Wildman–Crippen LogP) is 2.02. The van der Waals surface area contributed by atoms with E-state index >= 15 is 0 Å². The number of rotatable bonds is 8. The first kappa shape index (κ1) is 16.1. The van der Waals surface area contributed by atoms with Crippen molar-refractivity contribution in [1.29, 1.82) is 0 Å². The Morgan fingerprint density at radius 1 is 1.35 bits per heavy atom. The van der Waals surface area contributed by atoms with E-state index in [-0.39, 0.29) is 23.1 Å². The van der Waals surface area contributed by atoms with Crippen LogP contribution in [0.4, 0.5) is 5.69 Å². The van der Waals surface area contributed by atoms with Crippen LogP contribution in [-0.4, -0.2) is 42.5 Å². The zero-order valence-electron chi connectivity index (χ0n) is 11.9. The number of carbonyl (C=O) groups is 1. The second kappa shape index (κ2) is 8.27. The third-order valence-electron chi connectivity index (χ3n) is 3.01. The summed E-state index contributed by atoms with van der Waals surface area (Å²) in [5, 5.41) is 10.9. The number of esters is 1. The fourth-order valence-electron chi connectivity index (χ4n) is 2.01. The first-order valence-electron chi connectivity index (χ1n) is 6.60. The molecule has 0 bridgehead atoms. The molecule has 0 aliphatic carbocycles. The monoisotopic (exact) mass is 280 g/mol. The normalized spacial score (nSPS) is 10.6. The molecule has 0 radical (unpaired) electrons. The number of para-hydroxylation sites is 1. The third kappa shape index (κ3) is 4.97. The molecule has 0 N–H and O–H groups in total. The van der Waals surface area contributed by atoms with Crippen LogP contribution >= 0.6 is 0 Å². The lowest BCUT2D eigenvalue weighted by Crippen LogP contribution is -2.33. The van der Waals surface area contributed by atoms with E-state index in [9.17, 15) is 14.9 Å². The van der Waals surface area contributed by atoms with E-state index in [0.29, 0.717) is 18.5 Å². The quantitative estimate of drug-likeness (QED) is 0.414. The van der Waals surface area contributed by atoms with Crippen molar-refractivity contribution in [2.75, 3.05) is 26.7 Å². The Balaban J connectivity index is 2.67. The van der Waals surface area contributed by atoms with Crippen LogP contribution < -0.4 is 0 Å². The van der Waals surface area contributed by atoms with Crippen LogP contribution in [0.1, 0.15) is 18.9 Å². The maximum Gasteiger partial charge on any atom is 0.319 e. The molecule has 0 spiro atoms. The van der Waals surface area contributed by atoms with Gasteiger partial charge in [0, 0.05) is 18.2 Å². The zero-order valence-corrected chi connectivity index (χ0v) is 11.9. The van der Waals surface area contributed by atoms with Gasteiger partial charge in [-0.05, 0) is 19.4 Å². The van der Waals surface area contributed by atoms with Crippen molar-refractivity contribution >= 4 is 11.7 Å². The van der Waals surface area contributed by atoms with Crippen LogP contribution in [0, 0.1) is 10.1 Å². The molecule has 0 aromatic heterocycles. The summed E-state index contributed by atoms with van der Waals surface area (Å²) >= 11 is 0. The highest BCUT2D eigenvalue weighted by Gasteiger charge is 2.15. The maximum absolute atomic E-state index is 11.3. The van der Waals surface area contributed by atoms with Crippen LogP contribution in [0.5, 0.6) is 0 Å². The molecular formula is C14H20N2O4. The van der Waals surface area contributed by atoms with E-state index in [4.69, 9.17) is 0 Å². The molecule has 1 aromatic carbocycles. The largest absolute Gasteiger partial charge is 0.468 e. The lowest BCUT2D eigenvalue weighted by Gasteiger charge is -2.20. The van der Waals surface area contributed by atoms with E-state index in [1.54, 1.807) is 18.2 Å². The second-order valence-electron chi connectivity index (χ2n) is 4.49. The molecule has 110 valence electrons. The second-order valence-corrected chi connectivity index (χ2v) is 4.49. The van der Waals surface area contributed by atoms with Crippen LogP contribution in [-0.2, 0) is 16.0 Å². The SMILES string of the molecule is CCCN(CCc1ccccc1[N+](=O)[O-])CC(=O)OC. The predicted molar refractivity (Wildman–Crippen MR) is 75.5 cm³/mol. The van der Waals surface area contributed by atoms with Gasteiger partial charge in [0.25, 0.3) is 5.69 Å². The number of ether oxygens (including phenoxy) is 1. The van der Waals surface area contributed by atoms with Crippen molar-refractivity contribution in [3.05, 3.63) is 39.9 Å². The molecule has 0 saturated carbocycles. The van der Waals surface area contributed by atoms with Crippen molar-refractivity contribution in [1.82, 2.24) is 4.90 Å². The summed E-state index contributed by atoms with van der Waals surface area (Å²) in [6, 6.07) is 6.69. The highest BCUT2D eigenvalue weighted by atomic mass is 16.6. The van der Waals surface area contributed by atoms with Gasteiger partial charge in [0.15, 0.2) is 0 Å². The molecule has 0 aliphatic heterocycles. The lowest BCUT2D eigenvalue weighted by atomic mass is 10.1. The summed E-state index contributed by atoms with van der Waals surface area (Å²) in [7, 11) is 1.36. The fourth-order valence-corrected chi connectivity index (χ4v) is 2.01. The maximum atomic E-state index is 11.3. The standard InChI is InChI=1S/C14H20N2O4/c1-3-9-15(11-14(17)20-2)10-8-12-6-4-5-7-13(12)16(18)19/h4-7H,3,8-11H2,1-2H3. The third-order valence-corrected chi connectivity index (χ3v) is 3.01. The van der Waals surface area contributed by atoms with Gasteiger partial charge in [-0.2, -0.15) is 0 Å². The number of hydrogen-bond donors (Lipinski definition) is 0. The van der Waals surface area contributed by atoms with Crippen molar-refractivity contribution in [3.63, 3.8) is 0 Å². The molecular weight excluding hydrogens is 260 g/mol. The Bertz CT molecular complexity index is 462.